The van der Waals surface area contributed by atoms with Crippen molar-refractivity contribution < 1.29 is 13.6 Å². The van der Waals surface area contributed by atoms with Crippen molar-refractivity contribution in [1.82, 2.24) is 44.5 Å². The van der Waals surface area contributed by atoms with Crippen LogP contribution in [0.3, 0.4) is 0 Å². The lowest BCUT2D eigenvalue weighted by molar-refractivity contribution is 0.0646. The first kappa shape index (κ1) is 22.5. The van der Waals surface area contributed by atoms with Crippen molar-refractivity contribution in [3.05, 3.63) is 71.5 Å². The molecule has 0 aromatic carbocycles. The Kier molecular flexibility index (Phi) is 5.40. The van der Waals surface area contributed by atoms with Gasteiger partial charge in [-0.25, -0.2) is 18.6 Å². The molecule has 184 valence electrons. The molecule has 0 bridgehead atoms. The Hall–Kier alpha value is -3.92. The number of nitrogens with zero attached hydrogens (tertiary/aromatic N) is 8. The number of carbonyl (C=O) groups is 1. The van der Waals surface area contributed by atoms with Crippen LogP contribution in [0, 0.1) is 0 Å². The van der Waals surface area contributed by atoms with Gasteiger partial charge < -0.3 is 14.3 Å². The summed E-state index contributed by atoms with van der Waals surface area (Å²) in [6, 6.07) is 5.67. The van der Waals surface area contributed by atoms with Gasteiger partial charge in [-0.3, -0.25) is 4.79 Å². The van der Waals surface area contributed by atoms with Crippen LogP contribution in [0.4, 0.5) is 4.39 Å². The van der Waals surface area contributed by atoms with Gasteiger partial charge in [0, 0.05) is 31.1 Å². The van der Waals surface area contributed by atoms with Gasteiger partial charge in [0.05, 0.1) is 23.2 Å². The van der Waals surface area contributed by atoms with E-state index in [4.69, 9.17) is 9.52 Å². The largest absolute Gasteiger partial charge is 0.411 e. The summed E-state index contributed by atoms with van der Waals surface area (Å²) >= 11 is 0. The molecule has 36 heavy (non-hydrogen) atoms. The first-order valence-corrected chi connectivity index (χ1v) is 12.2. The van der Waals surface area contributed by atoms with Crippen molar-refractivity contribution >= 4 is 20.7 Å². The van der Waals surface area contributed by atoms with E-state index >= 15 is 0 Å². The lowest BCUT2D eigenvalue weighted by Crippen LogP contribution is -2.41. The molecule has 3 atom stereocenters. The summed E-state index contributed by atoms with van der Waals surface area (Å²) < 4.78 is 22.1. The molecule has 6 heterocycles. The van der Waals surface area contributed by atoms with Gasteiger partial charge in [0.2, 0.25) is 6.04 Å². The molecule has 0 spiro atoms. The highest BCUT2D eigenvalue weighted by atomic mass is 31.0. The van der Waals surface area contributed by atoms with E-state index in [0.717, 1.165) is 27.1 Å². The molecule has 0 saturated carbocycles. The second-order valence-electron chi connectivity index (χ2n) is 8.90. The number of aromatic amines is 1. The number of amides is 1. The van der Waals surface area contributed by atoms with Crippen LogP contribution in [0.2, 0.25) is 0 Å². The maximum Gasteiger partial charge on any atom is 0.312 e. The molecule has 11 nitrogen and oxygen atoms in total. The summed E-state index contributed by atoms with van der Waals surface area (Å²) in [5.41, 5.74) is 4.80. The molecule has 6 rings (SSSR count). The number of H-pyrrole nitrogens is 1. The van der Waals surface area contributed by atoms with Gasteiger partial charge in [-0.15, -0.1) is 10.2 Å². The van der Waals surface area contributed by atoms with Crippen molar-refractivity contribution in [3.63, 3.8) is 0 Å². The predicted octanol–water partition coefficient (Wildman–Crippen LogP) is 3.52. The highest BCUT2D eigenvalue weighted by Crippen LogP contribution is 2.35. The highest BCUT2D eigenvalue weighted by molar-refractivity contribution is 7.16. The number of imidazole rings is 1. The molecule has 2 unspecified atom stereocenters. The number of fused-ring (bicyclic) bond motifs is 2. The normalized spacial score (nSPS) is 16.6. The van der Waals surface area contributed by atoms with Gasteiger partial charge in [0.15, 0.2) is 0 Å². The maximum absolute atomic E-state index is 13.6. The van der Waals surface area contributed by atoms with Gasteiger partial charge in [0.25, 0.3) is 5.89 Å². The molecule has 1 N–H and O–H groups in total. The molecule has 1 aliphatic heterocycles. The second kappa shape index (κ2) is 8.63. The molecule has 0 fully saturated rings. The van der Waals surface area contributed by atoms with E-state index in [-0.39, 0.29) is 17.5 Å². The Balaban J connectivity index is 1.38. The number of pyridine rings is 1. The predicted molar refractivity (Wildman–Crippen MR) is 130 cm³/mol. The smallest absolute Gasteiger partial charge is 0.312 e. The monoisotopic (exact) mass is 507 g/mol. The van der Waals surface area contributed by atoms with Crippen LogP contribution < -0.4 is 0 Å². The zero-order valence-corrected chi connectivity index (χ0v) is 20.7. The average molecular weight is 507 g/mol. The molecular formula is C23H23FN9O2P. The molecule has 0 saturated heterocycles. The number of aromatic nitrogens is 8. The third kappa shape index (κ3) is 3.69. The summed E-state index contributed by atoms with van der Waals surface area (Å²) in [6.07, 6.45) is 5.57. The molecule has 1 amide bonds. The molecule has 5 aromatic rings. The summed E-state index contributed by atoms with van der Waals surface area (Å²) in [6.45, 7) is 4.67. The van der Waals surface area contributed by atoms with Crippen LogP contribution in [0.1, 0.15) is 65.2 Å². The molecule has 0 radical (unpaired) electrons. The Labute approximate surface area is 206 Å². The van der Waals surface area contributed by atoms with Crippen LogP contribution in [-0.2, 0) is 6.42 Å². The van der Waals surface area contributed by atoms with Gasteiger partial charge >= 0.3 is 11.8 Å². The molecular weight excluding hydrogens is 484 g/mol. The van der Waals surface area contributed by atoms with Crippen LogP contribution in [0.5, 0.6) is 0 Å². The second-order valence-corrected chi connectivity index (χ2v) is 9.45. The Bertz CT molecular complexity index is 1570. The minimum atomic E-state index is -1.39. The minimum Gasteiger partial charge on any atom is -0.411 e. The number of carbonyl (C=O) groups excluding carboxylic acids is 1. The van der Waals surface area contributed by atoms with Crippen molar-refractivity contribution in [2.75, 3.05) is 6.54 Å². The van der Waals surface area contributed by atoms with E-state index in [1.54, 1.807) is 17.3 Å². The zero-order chi connectivity index (χ0) is 25.0. The van der Waals surface area contributed by atoms with Gasteiger partial charge in [0.1, 0.15) is 11.7 Å². The van der Waals surface area contributed by atoms with Gasteiger partial charge in [-0.05, 0) is 29.7 Å². The fraction of sp³-hybridized carbons (Fsp3) is 0.304. The topological polar surface area (TPSA) is 123 Å². The van der Waals surface area contributed by atoms with E-state index in [1.165, 1.54) is 6.20 Å². The number of hydrogen-bond donors (Lipinski definition) is 1. The number of hydrogen-bond acceptors (Lipinski definition) is 7. The Morgan fingerprint density at radius 2 is 2.11 bits per heavy atom. The molecule has 0 aliphatic carbocycles. The first-order valence-electron chi connectivity index (χ1n) is 11.5. The lowest BCUT2D eigenvalue weighted by Gasteiger charge is -2.32. The fourth-order valence-electron chi connectivity index (χ4n) is 4.60. The zero-order valence-electron chi connectivity index (χ0n) is 19.5. The summed E-state index contributed by atoms with van der Waals surface area (Å²) in [5, 5.41) is 16.8. The van der Waals surface area contributed by atoms with Crippen molar-refractivity contribution in [1.29, 1.82) is 0 Å². The fourth-order valence-corrected chi connectivity index (χ4v) is 4.76. The molecule has 1 aliphatic rings. The maximum atomic E-state index is 13.6. The lowest BCUT2D eigenvalue weighted by atomic mass is 9.98. The summed E-state index contributed by atoms with van der Waals surface area (Å²) in [7, 11) is 2.00. The van der Waals surface area contributed by atoms with Crippen LogP contribution >= 0.6 is 9.24 Å². The van der Waals surface area contributed by atoms with Crippen LogP contribution in [-0.4, -0.2) is 56.9 Å². The quantitative estimate of drug-likeness (QED) is 0.361. The van der Waals surface area contributed by atoms with Crippen LogP contribution in [0.25, 0.3) is 17.1 Å². The van der Waals surface area contributed by atoms with E-state index < -0.39 is 18.0 Å². The summed E-state index contributed by atoms with van der Waals surface area (Å²) in [4.78, 5) is 23.0. The van der Waals surface area contributed by atoms with Crippen molar-refractivity contribution in [2.24, 2.45) is 0 Å². The van der Waals surface area contributed by atoms with Crippen molar-refractivity contribution in [3.8, 4) is 11.6 Å². The average Bonchev–Trinajstić information content (AvgIpc) is 3.66. The third-order valence-corrected chi connectivity index (χ3v) is 6.64. The number of nitrogens with one attached hydrogen (secondary N) is 1. The van der Waals surface area contributed by atoms with Crippen LogP contribution in [0.15, 0.2) is 47.4 Å². The molecule has 13 heteroatoms. The summed E-state index contributed by atoms with van der Waals surface area (Å²) in [5.74, 6) is -0.283. The highest BCUT2D eigenvalue weighted by Gasteiger charge is 2.38. The standard InChI is InChI=1S/C23H23FN9O2P/c1-12(2)13-4-3-7-32-17(13)10-16(30-32)19-18-14(25-11-26-18)5-8-31(19)22(34)21-28-27-20(35-21)15-6-9-33(29-15)23(24)36/h3-4,6-7,9-12,19,23H,5,8,36H2,1-2H3,(H,25,26)/t19-,23?/m0/s1. The van der Waals surface area contributed by atoms with E-state index in [9.17, 15) is 9.18 Å². The number of alkyl halides is 1. The van der Waals surface area contributed by atoms with E-state index in [2.05, 4.69) is 45.2 Å². The molecule has 5 aromatic heterocycles. The first-order chi connectivity index (χ1) is 17.4. The van der Waals surface area contributed by atoms with Gasteiger partial charge in [-0.2, -0.15) is 10.2 Å². The Morgan fingerprint density at radius 1 is 1.25 bits per heavy atom. The minimum absolute atomic E-state index is 0.0334. The van der Waals surface area contributed by atoms with Gasteiger partial charge in [-0.1, -0.05) is 29.2 Å². The number of halogens is 1. The Morgan fingerprint density at radius 3 is 2.89 bits per heavy atom. The number of rotatable bonds is 5. The van der Waals surface area contributed by atoms with E-state index in [1.807, 2.05) is 32.1 Å². The van der Waals surface area contributed by atoms with Crippen molar-refractivity contribution in [2.45, 2.75) is 38.3 Å². The SMILES string of the molecule is CC(C)c1cccn2nc([C@H]3c4nc[nH]c4CCN3C(=O)c3nnc(-c4ccn(C(F)P)n4)o3)cc12. The van der Waals surface area contributed by atoms with E-state index in [0.29, 0.717) is 24.6 Å². The third-order valence-electron chi connectivity index (χ3n) is 6.33.